The summed E-state index contributed by atoms with van der Waals surface area (Å²) in [6.07, 6.45) is -1.94. The lowest BCUT2D eigenvalue weighted by atomic mass is 10.0. The van der Waals surface area contributed by atoms with Crippen molar-refractivity contribution >= 4 is 28.3 Å². The third kappa shape index (κ3) is 4.81. The lowest BCUT2D eigenvalue weighted by molar-refractivity contribution is -0.384. The Morgan fingerprint density at radius 2 is 1.88 bits per heavy atom. The molecule has 8 nitrogen and oxygen atoms in total. The van der Waals surface area contributed by atoms with E-state index in [1.165, 1.54) is 6.07 Å². The molecule has 4 rings (SSSR count). The summed E-state index contributed by atoms with van der Waals surface area (Å²) in [5.41, 5.74) is 0.248. The summed E-state index contributed by atoms with van der Waals surface area (Å²) in [7, 11) is 0. The summed E-state index contributed by atoms with van der Waals surface area (Å²) >= 11 is 0. The SMILES string of the molecule is O=C(CNc1ccc(C(F)(F)F)cc1[N+](=O)[O-])OCc1cc(=O)oc2cc3c(cc12)CCC3. The van der Waals surface area contributed by atoms with Crippen LogP contribution in [-0.4, -0.2) is 17.4 Å². The molecule has 0 spiro atoms. The number of fused-ring (bicyclic) bond motifs is 2. The first kappa shape index (κ1) is 22.3. The number of nitrogens with one attached hydrogen (secondary N) is 1. The van der Waals surface area contributed by atoms with E-state index in [4.69, 9.17) is 9.15 Å². The molecule has 1 aromatic heterocycles. The van der Waals surface area contributed by atoms with Crippen LogP contribution in [0.1, 0.15) is 28.7 Å². The third-order valence-electron chi connectivity index (χ3n) is 5.38. The first-order valence-corrected chi connectivity index (χ1v) is 9.95. The predicted molar refractivity (Wildman–Crippen MR) is 111 cm³/mol. The molecule has 0 saturated heterocycles. The van der Waals surface area contributed by atoms with Crippen LogP contribution in [0.4, 0.5) is 24.5 Å². The Kier molecular flexibility index (Phi) is 5.79. The average Bonchev–Trinajstić information content (AvgIpc) is 3.21. The summed E-state index contributed by atoms with van der Waals surface area (Å²) in [5.74, 6) is -0.813. The molecule has 0 radical (unpaired) electrons. The molecule has 0 saturated carbocycles. The third-order valence-corrected chi connectivity index (χ3v) is 5.38. The number of carbonyl (C=O) groups is 1. The number of anilines is 1. The van der Waals surface area contributed by atoms with Crippen LogP contribution < -0.4 is 10.9 Å². The molecule has 1 heterocycles. The molecule has 0 atom stereocenters. The van der Waals surface area contributed by atoms with Gasteiger partial charge in [-0.3, -0.25) is 14.9 Å². The van der Waals surface area contributed by atoms with Crippen molar-refractivity contribution < 1.29 is 32.0 Å². The van der Waals surface area contributed by atoms with Crippen LogP contribution in [0, 0.1) is 10.1 Å². The van der Waals surface area contributed by atoms with E-state index < -0.39 is 40.5 Å². The average molecular weight is 462 g/mol. The van der Waals surface area contributed by atoms with Crippen molar-refractivity contribution in [3.63, 3.8) is 0 Å². The molecule has 0 fully saturated rings. The van der Waals surface area contributed by atoms with E-state index >= 15 is 0 Å². The van der Waals surface area contributed by atoms with E-state index in [0.717, 1.165) is 36.5 Å². The number of nitro groups is 1. The Hall–Kier alpha value is -3.89. The summed E-state index contributed by atoms with van der Waals surface area (Å²) in [4.78, 5) is 34.2. The second-order valence-electron chi connectivity index (χ2n) is 7.56. The number of aryl methyl sites for hydroxylation is 2. The summed E-state index contributed by atoms with van der Waals surface area (Å²) in [6, 6.07) is 6.90. The van der Waals surface area contributed by atoms with Gasteiger partial charge in [-0.1, -0.05) is 0 Å². The zero-order chi connectivity index (χ0) is 23.8. The van der Waals surface area contributed by atoms with E-state index in [-0.39, 0.29) is 12.3 Å². The maximum atomic E-state index is 12.8. The van der Waals surface area contributed by atoms with Gasteiger partial charge in [0.15, 0.2) is 0 Å². The molecular formula is C22H17F3N2O6. The number of ether oxygens (including phenoxy) is 1. The summed E-state index contributed by atoms with van der Waals surface area (Å²) in [5, 5.41) is 14.2. The van der Waals surface area contributed by atoms with E-state index in [0.29, 0.717) is 28.7 Å². The van der Waals surface area contributed by atoms with Crippen molar-refractivity contribution in [2.45, 2.75) is 32.0 Å². The highest BCUT2D eigenvalue weighted by Gasteiger charge is 2.33. The monoisotopic (exact) mass is 462 g/mol. The lowest BCUT2D eigenvalue weighted by Crippen LogP contribution is -2.18. The van der Waals surface area contributed by atoms with E-state index in [1.807, 2.05) is 12.1 Å². The highest BCUT2D eigenvalue weighted by molar-refractivity contribution is 5.83. The Bertz CT molecular complexity index is 1320. The smallest absolute Gasteiger partial charge is 0.416 e. The van der Waals surface area contributed by atoms with E-state index in [9.17, 15) is 32.9 Å². The maximum absolute atomic E-state index is 12.8. The number of alkyl halides is 3. The Balaban J connectivity index is 1.46. The van der Waals surface area contributed by atoms with Crippen LogP contribution in [0.15, 0.2) is 45.6 Å². The number of hydrogen-bond donors (Lipinski definition) is 1. The minimum absolute atomic E-state index is 0.240. The van der Waals surface area contributed by atoms with Gasteiger partial charge in [0.25, 0.3) is 5.69 Å². The molecule has 3 aromatic rings. The molecule has 0 unspecified atom stereocenters. The van der Waals surface area contributed by atoms with Crippen LogP contribution >= 0.6 is 0 Å². The highest BCUT2D eigenvalue weighted by atomic mass is 19.4. The van der Waals surface area contributed by atoms with Crippen molar-refractivity contribution in [1.82, 2.24) is 0 Å². The van der Waals surface area contributed by atoms with Gasteiger partial charge in [-0.2, -0.15) is 13.2 Å². The Morgan fingerprint density at radius 3 is 2.58 bits per heavy atom. The van der Waals surface area contributed by atoms with Gasteiger partial charge in [0.05, 0.1) is 10.5 Å². The molecular weight excluding hydrogens is 445 g/mol. The Morgan fingerprint density at radius 1 is 1.15 bits per heavy atom. The maximum Gasteiger partial charge on any atom is 0.416 e. The first-order valence-electron chi connectivity index (χ1n) is 9.95. The molecule has 172 valence electrons. The molecule has 1 aliphatic carbocycles. The van der Waals surface area contributed by atoms with Crippen molar-refractivity contribution in [3.05, 3.63) is 79.2 Å². The number of nitro benzene ring substituents is 1. The van der Waals surface area contributed by atoms with Gasteiger partial charge in [-0.05, 0) is 54.7 Å². The largest absolute Gasteiger partial charge is 0.459 e. The van der Waals surface area contributed by atoms with Gasteiger partial charge < -0.3 is 14.5 Å². The van der Waals surface area contributed by atoms with Crippen molar-refractivity contribution in [2.24, 2.45) is 0 Å². The van der Waals surface area contributed by atoms with E-state index in [1.54, 1.807) is 0 Å². The van der Waals surface area contributed by atoms with Gasteiger partial charge in [-0.25, -0.2) is 4.79 Å². The number of esters is 1. The minimum Gasteiger partial charge on any atom is -0.459 e. The molecule has 0 aliphatic heterocycles. The zero-order valence-electron chi connectivity index (χ0n) is 17.0. The van der Waals surface area contributed by atoms with Crippen molar-refractivity contribution in [3.8, 4) is 0 Å². The van der Waals surface area contributed by atoms with Gasteiger partial charge in [0.1, 0.15) is 24.4 Å². The lowest BCUT2D eigenvalue weighted by Gasteiger charge is -2.11. The number of rotatable bonds is 6. The normalized spacial score (nSPS) is 13.1. The topological polar surface area (TPSA) is 112 Å². The molecule has 11 heteroatoms. The predicted octanol–water partition coefficient (Wildman–Crippen LogP) is 4.36. The Labute approximate surface area is 184 Å². The van der Waals surface area contributed by atoms with Crippen molar-refractivity contribution in [2.75, 3.05) is 11.9 Å². The molecule has 0 amide bonds. The highest BCUT2D eigenvalue weighted by Crippen LogP contribution is 2.35. The number of carbonyl (C=O) groups excluding carboxylic acids is 1. The summed E-state index contributed by atoms with van der Waals surface area (Å²) < 4.78 is 48.9. The molecule has 33 heavy (non-hydrogen) atoms. The fourth-order valence-corrected chi connectivity index (χ4v) is 3.80. The quantitative estimate of drug-likeness (QED) is 0.251. The first-order chi connectivity index (χ1) is 15.6. The van der Waals surface area contributed by atoms with Crippen LogP contribution in [0.5, 0.6) is 0 Å². The van der Waals surface area contributed by atoms with Gasteiger partial charge in [-0.15, -0.1) is 0 Å². The molecule has 1 aliphatic rings. The minimum atomic E-state index is -4.74. The zero-order valence-corrected chi connectivity index (χ0v) is 17.0. The van der Waals surface area contributed by atoms with Crippen LogP contribution in [0.3, 0.4) is 0 Å². The molecule has 2 aromatic carbocycles. The second-order valence-corrected chi connectivity index (χ2v) is 7.56. The second kappa shape index (κ2) is 8.57. The van der Waals surface area contributed by atoms with Crippen LogP contribution in [-0.2, 0) is 35.2 Å². The standard InChI is InChI=1S/C22H17F3N2O6/c23-22(24,25)15-4-5-17(18(9-15)27(30)31)26-10-21(29)32-11-14-8-20(28)33-19-7-13-3-1-2-12(13)6-16(14)19/h4-9,26H,1-3,10-11H2. The number of benzene rings is 2. The van der Waals surface area contributed by atoms with Gasteiger partial charge in [0, 0.05) is 23.1 Å². The fraction of sp³-hybridized carbons (Fsp3) is 0.273. The van der Waals surface area contributed by atoms with Gasteiger partial charge >= 0.3 is 17.8 Å². The number of hydrogen-bond acceptors (Lipinski definition) is 7. The van der Waals surface area contributed by atoms with E-state index in [2.05, 4.69) is 5.32 Å². The van der Waals surface area contributed by atoms with Crippen LogP contribution in [0.2, 0.25) is 0 Å². The fourth-order valence-electron chi connectivity index (χ4n) is 3.80. The van der Waals surface area contributed by atoms with Crippen molar-refractivity contribution in [1.29, 1.82) is 0 Å². The molecule has 0 bridgehead atoms. The molecule has 1 N–H and O–H groups in total. The number of halogens is 3. The summed E-state index contributed by atoms with van der Waals surface area (Å²) in [6.45, 7) is -0.766. The van der Waals surface area contributed by atoms with Crippen LogP contribution in [0.25, 0.3) is 11.0 Å². The number of nitrogens with zero attached hydrogens (tertiary/aromatic N) is 1. The van der Waals surface area contributed by atoms with Gasteiger partial charge in [0.2, 0.25) is 0 Å².